The van der Waals surface area contributed by atoms with E-state index in [1.165, 1.54) is 27.5 Å². The van der Waals surface area contributed by atoms with Crippen molar-refractivity contribution >= 4 is 16.8 Å². The van der Waals surface area contributed by atoms with E-state index >= 15 is 0 Å². The van der Waals surface area contributed by atoms with Crippen LogP contribution in [0.5, 0.6) is 0 Å². The molecule has 1 aliphatic rings. The lowest BCUT2D eigenvalue weighted by molar-refractivity contribution is 0.887. The quantitative estimate of drug-likeness (QED) is 0.591. The van der Waals surface area contributed by atoms with E-state index < -0.39 is 0 Å². The maximum Gasteiger partial charge on any atom is 0.00681 e. The summed E-state index contributed by atoms with van der Waals surface area (Å²) >= 11 is 0. The summed E-state index contributed by atoms with van der Waals surface area (Å²) in [5.41, 5.74) is 4.24. The highest BCUT2D eigenvalue weighted by atomic mass is 14.2. The highest BCUT2D eigenvalue weighted by molar-refractivity contribution is 5.91. The molecule has 0 spiro atoms. The van der Waals surface area contributed by atoms with Gasteiger partial charge in [-0.2, -0.15) is 0 Å². The van der Waals surface area contributed by atoms with Gasteiger partial charge in [0, 0.05) is 5.92 Å². The minimum Gasteiger partial charge on any atom is -0.0761 e. The van der Waals surface area contributed by atoms with Gasteiger partial charge in [-0.25, -0.2) is 0 Å². The monoisotopic (exact) mass is 256 g/mol. The molecule has 0 heterocycles. The lowest BCUT2D eigenvalue weighted by atomic mass is 9.98. The van der Waals surface area contributed by atoms with Crippen LogP contribution >= 0.6 is 0 Å². The molecule has 0 aromatic heterocycles. The Balaban J connectivity index is 1.74. The molecule has 0 fully saturated rings. The van der Waals surface area contributed by atoms with Crippen molar-refractivity contribution in [2.75, 3.05) is 0 Å². The van der Waals surface area contributed by atoms with Gasteiger partial charge in [-0.1, -0.05) is 78.9 Å². The maximum absolute atomic E-state index is 2.35. The highest BCUT2D eigenvalue weighted by Gasteiger charge is 2.21. The van der Waals surface area contributed by atoms with Gasteiger partial charge in [0.15, 0.2) is 0 Å². The van der Waals surface area contributed by atoms with Crippen LogP contribution in [-0.2, 0) is 6.42 Å². The predicted molar refractivity (Wildman–Crippen MR) is 85.9 cm³/mol. The molecule has 0 nitrogen and oxygen atoms in total. The van der Waals surface area contributed by atoms with Crippen molar-refractivity contribution in [3.63, 3.8) is 0 Å². The Morgan fingerprint density at radius 1 is 0.800 bits per heavy atom. The summed E-state index contributed by atoms with van der Waals surface area (Å²) in [6.45, 7) is 0. The Bertz CT molecular complexity index is 776. The zero-order valence-electron chi connectivity index (χ0n) is 11.3. The molecule has 0 aliphatic heterocycles. The standard InChI is InChI=1S/C20H16/c1-2-6-15(7-3-1)12-13-17-14-18-10-4-8-16-9-5-11-19(17)20(16)18/h1-13,17H,14H2. The Morgan fingerprint density at radius 2 is 1.60 bits per heavy atom. The molecule has 96 valence electrons. The average molecular weight is 256 g/mol. The van der Waals surface area contributed by atoms with Gasteiger partial charge in [0.2, 0.25) is 0 Å². The molecule has 20 heavy (non-hydrogen) atoms. The van der Waals surface area contributed by atoms with Crippen LogP contribution in [0.2, 0.25) is 0 Å². The normalized spacial score (nSPS) is 17.1. The summed E-state index contributed by atoms with van der Waals surface area (Å²) in [5, 5.41) is 2.84. The number of hydrogen-bond acceptors (Lipinski definition) is 0. The zero-order valence-corrected chi connectivity index (χ0v) is 11.3. The molecule has 0 saturated carbocycles. The van der Waals surface area contributed by atoms with Gasteiger partial charge in [0.1, 0.15) is 0 Å². The summed E-state index contributed by atoms with van der Waals surface area (Å²) in [4.78, 5) is 0. The Kier molecular flexibility index (Phi) is 2.67. The van der Waals surface area contributed by atoms with E-state index in [1.54, 1.807) is 0 Å². The molecule has 0 heteroatoms. The highest BCUT2D eigenvalue weighted by Crippen LogP contribution is 2.39. The first-order chi connectivity index (χ1) is 9.92. The largest absolute Gasteiger partial charge is 0.0761 e. The van der Waals surface area contributed by atoms with Crippen LogP contribution in [0.25, 0.3) is 16.8 Å². The molecule has 1 unspecified atom stereocenters. The van der Waals surface area contributed by atoms with E-state index in [1.807, 2.05) is 0 Å². The minimum absolute atomic E-state index is 0.510. The van der Waals surface area contributed by atoms with Crippen LogP contribution in [0.1, 0.15) is 22.6 Å². The molecule has 0 saturated heterocycles. The molecular formula is C20H16. The Hall–Kier alpha value is -2.34. The van der Waals surface area contributed by atoms with Gasteiger partial charge in [-0.05, 0) is 33.9 Å². The van der Waals surface area contributed by atoms with E-state index in [2.05, 4.69) is 78.9 Å². The zero-order chi connectivity index (χ0) is 13.4. The molecule has 1 atom stereocenters. The van der Waals surface area contributed by atoms with E-state index in [9.17, 15) is 0 Å². The molecule has 3 aromatic carbocycles. The van der Waals surface area contributed by atoms with Crippen molar-refractivity contribution in [3.05, 3.63) is 89.5 Å². The maximum atomic E-state index is 2.35. The second-order valence-electron chi connectivity index (χ2n) is 5.44. The lowest BCUT2D eigenvalue weighted by Crippen LogP contribution is -1.90. The van der Waals surface area contributed by atoms with Gasteiger partial charge < -0.3 is 0 Å². The Morgan fingerprint density at radius 3 is 2.45 bits per heavy atom. The fourth-order valence-electron chi connectivity index (χ4n) is 3.24. The summed E-state index contributed by atoms with van der Waals surface area (Å²) in [5.74, 6) is 0.510. The van der Waals surface area contributed by atoms with E-state index in [4.69, 9.17) is 0 Å². The summed E-state index contributed by atoms with van der Waals surface area (Å²) < 4.78 is 0. The van der Waals surface area contributed by atoms with E-state index in [-0.39, 0.29) is 0 Å². The van der Waals surface area contributed by atoms with Crippen molar-refractivity contribution in [2.24, 2.45) is 0 Å². The topological polar surface area (TPSA) is 0 Å². The lowest BCUT2D eigenvalue weighted by Gasteiger charge is -2.05. The summed E-state index contributed by atoms with van der Waals surface area (Å²) in [7, 11) is 0. The Labute approximate surface area is 119 Å². The van der Waals surface area contributed by atoms with Gasteiger partial charge in [0.25, 0.3) is 0 Å². The van der Waals surface area contributed by atoms with Crippen molar-refractivity contribution in [1.29, 1.82) is 0 Å². The predicted octanol–water partition coefficient (Wildman–Crippen LogP) is 5.19. The van der Waals surface area contributed by atoms with Crippen LogP contribution in [0.4, 0.5) is 0 Å². The fraction of sp³-hybridized carbons (Fsp3) is 0.100. The molecule has 0 bridgehead atoms. The van der Waals surface area contributed by atoms with Crippen LogP contribution < -0.4 is 0 Å². The van der Waals surface area contributed by atoms with Gasteiger partial charge in [-0.3, -0.25) is 0 Å². The van der Waals surface area contributed by atoms with Crippen molar-refractivity contribution in [1.82, 2.24) is 0 Å². The number of benzene rings is 3. The SMILES string of the molecule is C(=CC1Cc2cccc3cccc1c23)c1ccccc1. The third-order valence-corrected chi connectivity index (χ3v) is 4.18. The third kappa shape index (κ3) is 1.85. The molecule has 0 radical (unpaired) electrons. The number of rotatable bonds is 2. The van der Waals surface area contributed by atoms with Crippen LogP contribution in [0, 0.1) is 0 Å². The van der Waals surface area contributed by atoms with Gasteiger partial charge in [0.05, 0.1) is 0 Å². The van der Waals surface area contributed by atoms with Crippen molar-refractivity contribution < 1.29 is 0 Å². The number of hydrogen-bond donors (Lipinski definition) is 0. The molecule has 3 aromatic rings. The van der Waals surface area contributed by atoms with Crippen molar-refractivity contribution in [3.8, 4) is 0 Å². The van der Waals surface area contributed by atoms with Crippen molar-refractivity contribution in [2.45, 2.75) is 12.3 Å². The molecule has 1 aliphatic carbocycles. The molecule has 0 N–H and O–H groups in total. The van der Waals surface area contributed by atoms with E-state index in [0.717, 1.165) is 6.42 Å². The minimum atomic E-state index is 0.510. The second-order valence-corrected chi connectivity index (χ2v) is 5.44. The number of allylic oxidation sites excluding steroid dienone is 1. The second kappa shape index (κ2) is 4.64. The summed E-state index contributed by atoms with van der Waals surface area (Å²) in [6, 6.07) is 23.9. The van der Waals surface area contributed by atoms with Gasteiger partial charge >= 0.3 is 0 Å². The first-order valence-corrected chi connectivity index (χ1v) is 7.15. The first kappa shape index (κ1) is 11.5. The summed E-state index contributed by atoms with van der Waals surface area (Å²) in [6.07, 6.45) is 5.72. The smallest absolute Gasteiger partial charge is 0.00681 e. The molecule has 4 rings (SSSR count). The third-order valence-electron chi connectivity index (χ3n) is 4.18. The first-order valence-electron chi connectivity index (χ1n) is 7.15. The van der Waals surface area contributed by atoms with Crippen LogP contribution in [0.15, 0.2) is 72.8 Å². The van der Waals surface area contributed by atoms with Gasteiger partial charge in [-0.15, -0.1) is 0 Å². The van der Waals surface area contributed by atoms with Crippen LogP contribution in [0.3, 0.4) is 0 Å². The van der Waals surface area contributed by atoms with E-state index in [0.29, 0.717) is 5.92 Å². The average Bonchev–Trinajstić information content (AvgIpc) is 2.87. The molecule has 0 amide bonds. The molecular weight excluding hydrogens is 240 g/mol. The fourth-order valence-corrected chi connectivity index (χ4v) is 3.24. The van der Waals surface area contributed by atoms with Crippen LogP contribution in [-0.4, -0.2) is 0 Å².